The van der Waals surface area contributed by atoms with Crippen molar-refractivity contribution >= 4 is 11.9 Å². The maximum Gasteiger partial charge on any atom is 0.328 e. The predicted molar refractivity (Wildman–Crippen MR) is 24.4 cm³/mol. The summed E-state index contributed by atoms with van der Waals surface area (Å²) < 4.78 is 0. The Hall–Kier alpha value is -0.437. The average Bonchev–Trinajstić information content (AvgIpc) is 1.61. The monoisotopic (exact) mass is 206 g/mol. The van der Waals surface area contributed by atoms with E-state index in [0.29, 0.717) is 12.2 Å². The molecule has 0 radical (unpaired) electrons. The third-order valence-corrected chi connectivity index (χ3v) is 0.368. The van der Waals surface area contributed by atoms with E-state index in [-0.39, 0.29) is 26.2 Å². The van der Waals surface area contributed by atoms with Gasteiger partial charge in [-0.2, -0.15) is 0 Å². The molecule has 0 atom stereocenters. The van der Waals surface area contributed by atoms with Crippen molar-refractivity contribution < 1.29 is 46.0 Å². The van der Waals surface area contributed by atoms with Gasteiger partial charge >= 0.3 is 11.9 Å². The van der Waals surface area contributed by atoms with Crippen LogP contribution in [-0.2, 0) is 35.8 Å². The summed E-state index contributed by atoms with van der Waals surface area (Å²) in [6.45, 7) is 0. The van der Waals surface area contributed by atoms with Crippen molar-refractivity contribution in [3.63, 3.8) is 0 Å². The van der Waals surface area contributed by atoms with Gasteiger partial charge in [-0.3, -0.25) is 0 Å². The van der Waals surface area contributed by atoms with E-state index in [1.54, 1.807) is 0 Å². The second kappa shape index (κ2) is 5.70. The van der Waals surface area contributed by atoms with Crippen LogP contribution < -0.4 is 0 Å². The molecule has 0 amide bonds. The maximum absolute atomic E-state index is 9.55. The van der Waals surface area contributed by atoms with Crippen molar-refractivity contribution in [1.82, 2.24) is 0 Å². The van der Waals surface area contributed by atoms with Crippen LogP contribution in [0.5, 0.6) is 0 Å². The van der Waals surface area contributed by atoms with Crippen molar-refractivity contribution in [3.8, 4) is 0 Å². The van der Waals surface area contributed by atoms with Gasteiger partial charge in [0.05, 0.1) is 0 Å². The summed E-state index contributed by atoms with van der Waals surface area (Å²) in [5.41, 5.74) is 0. The molecule has 0 aromatic heterocycles. The molecule has 0 rings (SSSR count). The molecule has 4 nitrogen and oxygen atoms in total. The van der Waals surface area contributed by atoms with Crippen molar-refractivity contribution in [2.45, 2.75) is 0 Å². The van der Waals surface area contributed by atoms with Crippen LogP contribution in [0.3, 0.4) is 0 Å². The third kappa shape index (κ3) is 11.2. The first kappa shape index (κ1) is 11.4. The average molecular weight is 207 g/mol. The van der Waals surface area contributed by atoms with Gasteiger partial charge in [0.2, 0.25) is 0 Å². The standard InChI is InChI=1S/C4H4O4.Zr/c5-3(6)1-2-4(7)8;/h1-2H,(H,5,6)(H,7,8);/b2-1+;. The Morgan fingerprint density at radius 1 is 1.00 bits per heavy atom. The summed E-state index contributed by atoms with van der Waals surface area (Å²) in [6, 6.07) is 0. The Bertz CT molecular complexity index is 124. The molecule has 0 heterocycles. The summed E-state index contributed by atoms with van der Waals surface area (Å²) >= 11 is 0. The number of rotatable bonds is 2. The van der Waals surface area contributed by atoms with Gasteiger partial charge in [-0.1, -0.05) is 0 Å². The predicted octanol–water partition coefficient (Wildman–Crippen LogP) is -0.291. The SMILES string of the molecule is O=C(O)/C=C/C(=O)O.[Zr]. The van der Waals surface area contributed by atoms with Crippen LogP contribution in [0.4, 0.5) is 0 Å². The van der Waals surface area contributed by atoms with Crippen LogP contribution in [0.2, 0.25) is 0 Å². The van der Waals surface area contributed by atoms with Gasteiger partial charge < -0.3 is 10.2 Å². The molecule has 0 spiro atoms. The van der Waals surface area contributed by atoms with E-state index < -0.39 is 11.9 Å². The summed E-state index contributed by atoms with van der Waals surface area (Å²) in [7, 11) is 0. The van der Waals surface area contributed by atoms with E-state index in [1.807, 2.05) is 0 Å². The minimum atomic E-state index is -1.26. The zero-order valence-corrected chi connectivity index (χ0v) is 6.82. The molecule has 5 heteroatoms. The van der Waals surface area contributed by atoms with E-state index in [0.717, 1.165) is 0 Å². The van der Waals surface area contributed by atoms with Gasteiger partial charge in [0.15, 0.2) is 0 Å². The van der Waals surface area contributed by atoms with E-state index in [4.69, 9.17) is 10.2 Å². The maximum atomic E-state index is 9.55. The van der Waals surface area contributed by atoms with Crippen molar-refractivity contribution in [2.75, 3.05) is 0 Å². The summed E-state index contributed by atoms with van der Waals surface area (Å²) in [5, 5.41) is 15.6. The van der Waals surface area contributed by atoms with Gasteiger partial charge in [0.25, 0.3) is 0 Å². The number of aliphatic carboxylic acids is 2. The van der Waals surface area contributed by atoms with Crippen LogP contribution in [0, 0.1) is 0 Å². The number of carbonyl (C=O) groups is 2. The van der Waals surface area contributed by atoms with Crippen LogP contribution >= 0.6 is 0 Å². The Morgan fingerprint density at radius 3 is 1.33 bits per heavy atom. The smallest absolute Gasteiger partial charge is 0.328 e. The summed E-state index contributed by atoms with van der Waals surface area (Å²) in [6.07, 6.45) is 1.12. The molecule has 0 aromatic rings. The van der Waals surface area contributed by atoms with E-state index in [1.165, 1.54) is 0 Å². The minimum absolute atomic E-state index is 0. The van der Waals surface area contributed by atoms with Crippen LogP contribution in [0.1, 0.15) is 0 Å². The molecular weight excluding hydrogens is 203 g/mol. The Morgan fingerprint density at radius 2 is 1.22 bits per heavy atom. The van der Waals surface area contributed by atoms with Gasteiger partial charge in [0.1, 0.15) is 0 Å². The van der Waals surface area contributed by atoms with Crippen LogP contribution in [-0.4, -0.2) is 22.2 Å². The topological polar surface area (TPSA) is 74.6 Å². The molecule has 0 saturated carbocycles. The first-order valence-corrected chi connectivity index (χ1v) is 1.77. The molecule has 0 fully saturated rings. The molecule has 2 N–H and O–H groups in total. The zero-order chi connectivity index (χ0) is 6.57. The Balaban J connectivity index is 0. The molecule has 0 bridgehead atoms. The fourth-order valence-electron chi connectivity index (χ4n) is 0.143. The second-order valence-electron chi connectivity index (χ2n) is 1.01. The largest absolute Gasteiger partial charge is 0.478 e. The number of carboxylic acid groups (broad SMARTS) is 2. The quantitative estimate of drug-likeness (QED) is 0.610. The second-order valence-corrected chi connectivity index (χ2v) is 1.01. The van der Waals surface area contributed by atoms with Gasteiger partial charge in [-0.15, -0.1) is 0 Å². The van der Waals surface area contributed by atoms with Crippen molar-refractivity contribution in [1.29, 1.82) is 0 Å². The van der Waals surface area contributed by atoms with Crippen LogP contribution in [0.15, 0.2) is 12.2 Å². The number of hydrogen-bond donors (Lipinski definition) is 2. The summed E-state index contributed by atoms with van der Waals surface area (Å²) in [4.78, 5) is 19.1. The third-order valence-electron chi connectivity index (χ3n) is 0.368. The Labute approximate surface area is 70.3 Å². The molecule has 0 aliphatic rings. The molecule has 0 aromatic carbocycles. The first-order chi connectivity index (χ1) is 3.63. The molecule has 0 saturated heterocycles. The van der Waals surface area contributed by atoms with Gasteiger partial charge in [0, 0.05) is 38.4 Å². The fourth-order valence-corrected chi connectivity index (χ4v) is 0.143. The van der Waals surface area contributed by atoms with E-state index >= 15 is 0 Å². The normalized spacial score (nSPS) is 8.44. The van der Waals surface area contributed by atoms with Crippen molar-refractivity contribution in [2.24, 2.45) is 0 Å². The number of carboxylic acids is 2. The molecule has 48 valence electrons. The van der Waals surface area contributed by atoms with Crippen molar-refractivity contribution in [3.05, 3.63) is 12.2 Å². The van der Waals surface area contributed by atoms with Crippen LogP contribution in [0.25, 0.3) is 0 Å². The van der Waals surface area contributed by atoms with Gasteiger partial charge in [-0.05, 0) is 0 Å². The molecule has 9 heavy (non-hydrogen) atoms. The molecular formula is C4H4O4Zr. The number of hydrogen-bond acceptors (Lipinski definition) is 2. The molecule has 0 aliphatic heterocycles. The van der Waals surface area contributed by atoms with E-state index in [9.17, 15) is 9.59 Å². The minimum Gasteiger partial charge on any atom is -0.478 e. The Kier molecular flexibility index (Phi) is 7.20. The zero-order valence-electron chi connectivity index (χ0n) is 4.37. The first-order valence-electron chi connectivity index (χ1n) is 1.77. The molecule has 0 aliphatic carbocycles. The fraction of sp³-hybridized carbons (Fsp3) is 0. The summed E-state index contributed by atoms with van der Waals surface area (Å²) in [5.74, 6) is -2.51. The van der Waals surface area contributed by atoms with Gasteiger partial charge in [-0.25, -0.2) is 9.59 Å². The molecule has 0 unspecified atom stereocenters. The van der Waals surface area contributed by atoms with E-state index in [2.05, 4.69) is 0 Å².